The molecule has 2 aromatic carbocycles. The maximum atomic E-state index is 2.54. The number of hydrogen-bond donors (Lipinski definition) is 0. The van der Waals surface area contributed by atoms with E-state index in [2.05, 4.69) is 59.0 Å². The van der Waals surface area contributed by atoms with Gasteiger partial charge in [0.1, 0.15) is 0 Å². The van der Waals surface area contributed by atoms with Crippen LogP contribution in [0.4, 0.5) is 0 Å². The molecule has 0 spiro atoms. The van der Waals surface area contributed by atoms with Gasteiger partial charge in [-0.15, -0.1) is 0 Å². The van der Waals surface area contributed by atoms with Gasteiger partial charge in [-0.05, 0) is 28.3 Å². The zero-order valence-electron chi connectivity index (χ0n) is 7.13. The van der Waals surface area contributed by atoms with Gasteiger partial charge in [-0.3, -0.25) is 0 Å². The molecule has 1 unspecified atom stereocenters. The number of hydrogen-bond acceptors (Lipinski definition) is 0. The van der Waals surface area contributed by atoms with Crippen LogP contribution in [0, 0.1) is 0 Å². The van der Waals surface area contributed by atoms with Gasteiger partial charge in [0.15, 0.2) is 0 Å². The molecule has 0 saturated heterocycles. The van der Waals surface area contributed by atoms with Crippen molar-refractivity contribution in [2.45, 2.75) is 10.3 Å². The minimum absolute atomic E-state index is 0.679. The Morgan fingerprint density at radius 3 is 2.69 bits per heavy atom. The second-order valence-corrected chi connectivity index (χ2v) is 5.04. The van der Waals surface area contributed by atoms with E-state index in [4.69, 9.17) is 0 Å². The molecule has 0 bridgehead atoms. The lowest BCUT2D eigenvalue weighted by molar-refractivity contribution is 1.03. The molecule has 0 heterocycles. The van der Waals surface area contributed by atoms with Gasteiger partial charge < -0.3 is 0 Å². The summed E-state index contributed by atoms with van der Waals surface area (Å²) in [5.41, 5.74) is 3.04. The molecule has 13 heavy (non-hydrogen) atoms. The van der Waals surface area contributed by atoms with Gasteiger partial charge in [-0.1, -0.05) is 59.0 Å². The molecule has 0 nitrogen and oxygen atoms in total. The normalized spacial score (nSPS) is 19.6. The average Bonchev–Trinajstić information content (AvgIpc) is 2.47. The van der Waals surface area contributed by atoms with Gasteiger partial charge in [-0.2, -0.15) is 0 Å². The first-order valence-corrected chi connectivity index (χ1v) is 5.75. The zero-order chi connectivity index (χ0) is 8.84. The molecule has 0 saturated carbocycles. The maximum Gasteiger partial charge on any atom is 0.0406 e. The molecule has 0 radical (unpaired) electrons. The van der Waals surface area contributed by atoms with Gasteiger partial charge in [-0.25, -0.2) is 0 Å². The van der Waals surface area contributed by atoms with Crippen LogP contribution in [0.1, 0.15) is 15.1 Å². The summed E-state index contributed by atoms with van der Waals surface area (Å²) in [7, 11) is 0. The van der Waals surface area contributed by atoms with Crippen LogP contribution in [0.2, 0.25) is 0 Å². The van der Waals surface area contributed by atoms with Crippen molar-refractivity contribution < 1.29 is 0 Å². The Kier molecular flexibility index (Phi) is 1.62. The fourth-order valence-electron chi connectivity index (χ4n) is 2.18. The Hall–Kier alpha value is -0.570. The van der Waals surface area contributed by atoms with E-state index in [-0.39, 0.29) is 0 Å². The van der Waals surface area contributed by atoms with E-state index < -0.39 is 0 Å². The molecule has 2 aromatic rings. The first-order chi connectivity index (χ1) is 6.36. The summed E-state index contributed by atoms with van der Waals surface area (Å²) in [5.74, 6) is 0. The second kappa shape index (κ2) is 2.71. The molecule has 0 aromatic heterocycles. The third-order valence-corrected chi connectivity index (χ3v) is 3.87. The molecule has 3 rings (SSSR count). The van der Waals surface area contributed by atoms with Gasteiger partial charge in [0.25, 0.3) is 0 Å². The summed E-state index contributed by atoms with van der Waals surface area (Å²) in [6.45, 7) is 0. The topological polar surface area (TPSA) is 0 Å². The SMILES string of the molecule is IC1Cc2cccc3cccc1c23. The van der Waals surface area contributed by atoms with Crippen molar-refractivity contribution in [3.05, 3.63) is 47.5 Å². The van der Waals surface area contributed by atoms with Crippen molar-refractivity contribution in [2.24, 2.45) is 0 Å². The van der Waals surface area contributed by atoms with Crippen molar-refractivity contribution in [1.29, 1.82) is 0 Å². The number of alkyl halides is 1. The van der Waals surface area contributed by atoms with E-state index in [9.17, 15) is 0 Å². The van der Waals surface area contributed by atoms with Crippen LogP contribution >= 0.6 is 22.6 Å². The maximum absolute atomic E-state index is 2.54. The van der Waals surface area contributed by atoms with Crippen LogP contribution in [0.25, 0.3) is 10.8 Å². The van der Waals surface area contributed by atoms with Crippen LogP contribution in [0.3, 0.4) is 0 Å². The highest BCUT2D eigenvalue weighted by Gasteiger charge is 2.20. The Morgan fingerprint density at radius 2 is 1.85 bits per heavy atom. The van der Waals surface area contributed by atoms with E-state index in [1.54, 1.807) is 0 Å². The number of halogens is 1. The van der Waals surface area contributed by atoms with Crippen LogP contribution in [-0.4, -0.2) is 0 Å². The number of rotatable bonds is 0. The molecule has 1 aliphatic rings. The van der Waals surface area contributed by atoms with Crippen molar-refractivity contribution >= 4 is 33.4 Å². The highest BCUT2D eigenvalue weighted by atomic mass is 127. The molecule has 0 aliphatic heterocycles. The van der Waals surface area contributed by atoms with Crippen LogP contribution in [0.5, 0.6) is 0 Å². The monoisotopic (exact) mass is 280 g/mol. The Bertz CT molecular complexity index is 468. The molecule has 1 heteroatoms. The molecule has 1 atom stereocenters. The van der Waals surface area contributed by atoms with E-state index in [1.807, 2.05) is 0 Å². The highest BCUT2D eigenvalue weighted by Crippen LogP contribution is 2.41. The summed E-state index contributed by atoms with van der Waals surface area (Å²) in [6.07, 6.45) is 1.21. The lowest BCUT2D eigenvalue weighted by atomic mass is 10.1. The average molecular weight is 280 g/mol. The third-order valence-electron chi connectivity index (χ3n) is 2.76. The summed E-state index contributed by atoms with van der Waals surface area (Å²) < 4.78 is 0.679. The second-order valence-electron chi connectivity index (χ2n) is 3.53. The van der Waals surface area contributed by atoms with Crippen LogP contribution in [-0.2, 0) is 6.42 Å². The van der Waals surface area contributed by atoms with Gasteiger partial charge >= 0.3 is 0 Å². The Balaban J connectivity index is 2.51. The van der Waals surface area contributed by atoms with Crippen molar-refractivity contribution in [1.82, 2.24) is 0 Å². The van der Waals surface area contributed by atoms with E-state index in [0.29, 0.717) is 3.92 Å². The van der Waals surface area contributed by atoms with Gasteiger partial charge in [0, 0.05) is 3.92 Å². The molecule has 1 aliphatic carbocycles. The first-order valence-electron chi connectivity index (χ1n) is 4.51. The predicted molar refractivity (Wildman–Crippen MR) is 64.4 cm³/mol. The van der Waals surface area contributed by atoms with E-state index in [1.165, 1.54) is 28.3 Å². The molecular weight excluding hydrogens is 271 g/mol. The fourth-order valence-corrected chi connectivity index (χ4v) is 3.18. The third kappa shape index (κ3) is 1.03. The Morgan fingerprint density at radius 1 is 1.08 bits per heavy atom. The molecule has 0 N–H and O–H groups in total. The van der Waals surface area contributed by atoms with E-state index in [0.717, 1.165) is 0 Å². The largest absolute Gasteiger partial charge is 0.0770 e. The summed E-state index contributed by atoms with van der Waals surface area (Å²) in [4.78, 5) is 0. The quantitative estimate of drug-likeness (QED) is 0.507. The molecular formula is C12H9I. The van der Waals surface area contributed by atoms with Crippen LogP contribution in [0.15, 0.2) is 36.4 Å². The zero-order valence-corrected chi connectivity index (χ0v) is 9.28. The standard InChI is InChI=1S/C12H9I/c13-11-7-9-5-1-3-8-4-2-6-10(11)12(8)9/h1-6,11H,7H2. The fraction of sp³-hybridized carbons (Fsp3) is 0.167. The summed E-state index contributed by atoms with van der Waals surface area (Å²) in [5, 5.41) is 2.90. The first kappa shape index (κ1) is 7.80. The minimum atomic E-state index is 0.679. The van der Waals surface area contributed by atoms with Crippen molar-refractivity contribution in [3.63, 3.8) is 0 Å². The molecule has 0 fully saturated rings. The Labute approximate surface area is 91.1 Å². The van der Waals surface area contributed by atoms with E-state index >= 15 is 0 Å². The van der Waals surface area contributed by atoms with Crippen molar-refractivity contribution in [2.75, 3.05) is 0 Å². The lowest BCUT2D eigenvalue weighted by Crippen LogP contribution is -1.82. The smallest absolute Gasteiger partial charge is 0.0406 e. The summed E-state index contributed by atoms with van der Waals surface area (Å²) >= 11 is 2.54. The number of benzene rings is 2. The molecule has 64 valence electrons. The van der Waals surface area contributed by atoms with Gasteiger partial charge in [0.05, 0.1) is 0 Å². The summed E-state index contributed by atoms with van der Waals surface area (Å²) in [6, 6.07) is 13.3. The van der Waals surface area contributed by atoms with Crippen LogP contribution < -0.4 is 0 Å². The molecule has 0 amide bonds. The predicted octanol–water partition coefficient (Wildman–Crippen LogP) is 3.87. The van der Waals surface area contributed by atoms with Gasteiger partial charge in [0.2, 0.25) is 0 Å². The minimum Gasteiger partial charge on any atom is -0.0770 e. The van der Waals surface area contributed by atoms with Crippen molar-refractivity contribution in [3.8, 4) is 0 Å². The highest BCUT2D eigenvalue weighted by molar-refractivity contribution is 14.1. The lowest BCUT2D eigenvalue weighted by Gasteiger charge is -2.01.